The quantitative estimate of drug-likeness (QED) is 0.569. The highest BCUT2D eigenvalue weighted by Gasteiger charge is 2.33. The van der Waals surface area contributed by atoms with Gasteiger partial charge in [0.05, 0.1) is 19.0 Å². The van der Waals surface area contributed by atoms with E-state index in [1.54, 1.807) is 24.3 Å². The van der Waals surface area contributed by atoms with E-state index in [2.05, 4.69) is 10.3 Å². The van der Waals surface area contributed by atoms with Crippen molar-refractivity contribution in [3.63, 3.8) is 0 Å². The standard InChI is InChI=1S/C21H20F3N5O5/c1-27(10-16(30)25-12-5-4-6-13(9-12)34-3)17(31)11-29-19(32)14-7-8-15(21(22,23)24)26-18(14)28(2)20(29)33/h4-9H,10-11H2,1-3H3,(H,25,30). The van der Waals surface area contributed by atoms with Crippen molar-refractivity contribution in [1.29, 1.82) is 0 Å². The van der Waals surface area contributed by atoms with Crippen LogP contribution in [0.3, 0.4) is 0 Å². The number of aromatic nitrogens is 3. The zero-order chi connectivity index (χ0) is 25.2. The predicted octanol–water partition coefficient (Wildman–Crippen LogP) is 1.22. The molecule has 0 aliphatic carbocycles. The zero-order valence-corrected chi connectivity index (χ0v) is 18.3. The molecular formula is C21H20F3N5O5. The van der Waals surface area contributed by atoms with E-state index in [0.29, 0.717) is 22.1 Å². The molecular weight excluding hydrogens is 459 g/mol. The molecule has 0 fully saturated rings. The summed E-state index contributed by atoms with van der Waals surface area (Å²) in [6.45, 7) is -1.10. The first kappa shape index (κ1) is 24.5. The summed E-state index contributed by atoms with van der Waals surface area (Å²) in [4.78, 5) is 54.6. The number of hydrogen-bond acceptors (Lipinski definition) is 6. The maximum absolute atomic E-state index is 12.9. The Morgan fingerprint density at radius 2 is 1.88 bits per heavy atom. The third-order valence-corrected chi connectivity index (χ3v) is 4.93. The van der Waals surface area contributed by atoms with Crippen LogP contribution >= 0.6 is 0 Å². The Morgan fingerprint density at radius 3 is 2.53 bits per heavy atom. The summed E-state index contributed by atoms with van der Waals surface area (Å²) >= 11 is 0. The number of nitrogens with one attached hydrogen (secondary N) is 1. The minimum Gasteiger partial charge on any atom is -0.497 e. The van der Waals surface area contributed by atoms with Crippen molar-refractivity contribution in [1.82, 2.24) is 19.0 Å². The van der Waals surface area contributed by atoms with Crippen LogP contribution in [0.15, 0.2) is 46.0 Å². The molecule has 0 aliphatic rings. The lowest BCUT2D eigenvalue weighted by Gasteiger charge is -2.18. The number of aryl methyl sites for hydroxylation is 1. The topological polar surface area (TPSA) is 116 Å². The number of pyridine rings is 1. The molecule has 0 aliphatic heterocycles. The van der Waals surface area contributed by atoms with Crippen LogP contribution in [0, 0.1) is 0 Å². The zero-order valence-electron chi connectivity index (χ0n) is 18.3. The van der Waals surface area contributed by atoms with Gasteiger partial charge in [0, 0.05) is 25.8 Å². The van der Waals surface area contributed by atoms with Gasteiger partial charge in [0.25, 0.3) is 5.56 Å². The molecule has 2 aromatic heterocycles. The van der Waals surface area contributed by atoms with Crippen LogP contribution in [0.1, 0.15) is 5.69 Å². The first-order valence-electron chi connectivity index (χ1n) is 9.78. The van der Waals surface area contributed by atoms with E-state index in [1.807, 2.05) is 0 Å². The van der Waals surface area contributed by atoms with Gasteiger partial charge >= 0.3 is 11.9 Å². The minimum atomic E-state index is -4.76. The Morgan fingerprint density at radius 1 is 1.18 bits per heavy atom. The first-order valence-corrected chi connectivity index (χ1v) is 9.78. The molecule has 34 heavy (non-hydrogen) atoms. The van der Waals surface area contributed by atoms with E-state index in [-0.39, 0.29) is 11.9 Å². The number of ether oxygens (including phenoxy) is 1. The Hall–Kier alpha value is -4.16. The Labute approximate surface area is 190 Å². The summed E-state index contributed by atoms with van der Waals surface area (Å²) in [6, 6.07) is 8.08. The lowest BCUT2D eigenvalue weighted by atomic mass is 10.2. The van der Waals surface area contributed by atoms with Crippen molar-refractivity contribution < 1.29 is 27.5 Å². The SMILES string of the molecule is COc1cccc(NC(=O)CN(C)C(=O)Cn2c(=O)c3ccc(C(F)(F)F)nc3n(C)c2=O)c1. The van der Waals surface area contributed by atoms with E-state index < -0.39 is 47.1 Å². The molecule has 1 aromatic carbocycles. The molecule has 2 heterocycles. The molecule has 3 aromatic rings. The van der Waals surface area contributed by atoms with Crippen molar-refractivity contribution in [2.24, 2.45) is 7.05 Å². The molecule has 2 amide bonds. The third kappa shape index (κ3) is 5.08. The molecule has 1 N–H and O–H groups in total. The number of amides is 2. The molecule has 0 saturated carbocycles. The maximum atomic E-state index is 12.9. The number of anilines is 1. The van der Waals surface area contributed by atoms with Crippen molar-refractivity contribution in [3.05, 3.63) is 62.9 Å². The molecule has 0 radical (unpaired) electrons. The van der Waals surface area contributed by atoms with Gasteiger partial charge < -0.3 is 15.0 Å². The largest absolute Gasteiger partial charge is 0.497 e. The fraction of sp³-hybridized carbons (Fsp3) is 0.286. The predicted molar refractivity (Wildman–Crippen MR) is 116 cm³/mol. The van der Waals surface area contributed by atoms with Gasteiger partial charge in [0.15, 0.2) is 0 Å². The Kier molecular flexibility index (Phi) is 6.75. The number of fused-ring (bicyclic) bond motifs is 1. The van der Waals surface area contributed by atoms with E-state index in [9.17, 15) is 32.3 Å². The smallest absolute Gasteiger partial charge is 0.433 e. The van der Waals surface area contributed by atoms with Crippen LogP contribution in [0.5, 0.6) is 5.75 Å². The first-order chi connectivity index (χ1) is 15.9. The number of alkyl halides is 3. The number of methoxy groups -OCH3 is 1. The monoisotopic (exact) mass is 479 g/mol. The van der Waals surface area contributed by atoms with Crippen LogP contribution in [0.4, 0.5) is 18.9 Å². The fourth-order valence-electron chi connectivity index (χ4n) is 3.13. The minimum absolute atomic E-state index is 0.263. The number of hydrogen-bond donors (Lipinski definition) is 1. The highest BCUT2D eigenvalue weighted by atomic mass is 19.4. The molecule has 0 atom stereocenters. The third-order valence-electron chi connectivity index (χ3n) is 4.93. The second-order valence-corrected chi connectivity index (χ2v) is 7.33. The van der Waals surface area contributed by atoms with E-state index in [0.717, 1.165) is 22.6 Å². The summed E-state index contributed by atoms with van der Waals surface area (Å²) in [5.41, 5.74) is -3.27. The summed E-state index contributed by atoms with van der Waals surface area (Å²) in [6.07, 6.45) is -4.76. The number of halogens is 3. The van der Waals surface area contributed by atoms with Crippen molar-refractivity contribution in [2.75, 3.05) is 26.0 Å². The van der Waals surface area contributed by atoms with Crippen LogP contribution in [-0.4, -0.2) is 51.5 Å². The Balaban J connectivity index is 1.80. The molecule has 13 heteroatoms. The summed E-state index contributed by atoms with van der Waals surface area (Å²) in [5, 5.41) is 2.33. The van der Waals surface area contributed by atoms with E-state index in [1.165, 1.54) is 14.2 Å². The molecule has 0 spiro atoms. The number of nitrogens with zero attached hydrogens (tertiary/aromatic N) is 4. The van der Waals surface area contributed by atoms with Crippen LogP contribution in [0.2, 0.25) is 0 Å². The van der Waals surface area contributed by atoms with E-state index >= 15 is 0 Å². The van der Waals surface area contributed by atoms with Gasteiger partial charge in [-0.15, -0.1) is 0 Å². The molecule has 0 unspecified atom stereocenters. The lowest BCUT2D eigenvalue weighted by Crippen LogP contribution is -2.45. The fourth-order valence-corrected chi connectivity index (χ4v) is 3.13. The van der Waals surface area contributed by atoms with Gasteiger partial charge in [-0.25, -0.2) is 9.78 Å². The summed E-state index contributed by atoms with van der Waals surface area (Å²) < 4.78 is 45.2. The number of rotatable bonds is 6. The average Bonchev–Trinajstić information content (AvgIpc) is 2.79. The number of carbonyl (C=O) groups is 2. The highest BCUT2D eigenvalue weighted by Crippen LogP contribution is 2.28. The molecule has 3 rings (SSSR count). The van der Waals surface area contributed by atoms with Crippen LogP contribution in [-0.2, 0) is 29.4 Å². The average molecular weight is 479 g/mol. The molecule has 0 bridgehead atoms. The highest BCUT2D eigenvalue weighted by molar-refractivity contribution is 5.94. The maximum Gasteiger partial charge on any atom is 0.433 e. The summed E-state index contributed by atoms with van der Waals surface area (Å²) in [5.74, 6) is -0.753. The van der Waals surface area contributed by atoms with Gasteiger partial charge in [0.2, 0.25) is 11.8 Å². The second kappa shape index (κ2) is 9.37. The normalized spacial score (nSPS) is 11.4. The lowest BCUT2D eigenvalue weighted by molar-refractivity contribution is -0.141. The van der Waals surface area contributed by atoms with Crippen LogP contribution in [0.25, 0.3) is 11.0 Å². The molecule has 180 valence electrons. The molecule has 10 nitrogen and oxygen atoms in total. The van der Waals surface area contributed by atoms with Crippen LogP contribution < -0.4 is 21.3 Å². The van der Waals surface area contributed by atoms with Gasteiger partial charge in [-0.1, -0.05) is 6.07 Å². The van der Waals surface area contributed by atoms with Crippen molar-refractivity contribution in [3.8, 4) is 5.75 Å². The number of benzene rings is 1. The summed E-state index contributed by atoms with van der Waals surface area (Å²) in [7, 11) is 3.92. The van der Waals surface area contributed by atoms with Crippen molar-refractivity contribution >= 4 is 28.5 Å². The van der Waals surface area contributed by atoms with E-state index in [4.69, 9.17) is 4.74 Å². The van der Waals surface area contributed by atoms with Crippen molar-refractivity contribution in [2.45, 2.75) is 12.7 Å². The number of likely N-dealkylation sites (N-methyl/N-ethyl adjacent to an activating group) is 1. The second-order valence-electron chi connectivity index (χ2n) is 7.33. The molecule has 0 saturated heterocycles. The van der Waals surface area contributed by atoms with Gasteiger partial charge in [-0.3, -0.25) is 23.5 Å². The Bertz CT molecular complexity index is 1380. The number of carbonyl (C=O) groups excluding carboxylic acids is 2. The van der Waals surface area contributed by atoms with Gasteiger partial charge in [-0.05, 0) is 24.3 Å². The van der Waals surface area contributed by atoms with Gasteiger partial charge in [-0.2, -0.15) is 13.2 Å². The van der Waals surface area contributed by atoms with Gasteiger partial charge in [0.1, 0.15) is 23.6 Å².